The van der Waals surface area contributed by atoms with Crippen LogP contribution in [0.1, 0.15) is 45.7 Å². The number of rotatable bonds is 3. The number of nitrogens with zero attached hydrogens (tertiary/aromatic N) is 3. The monoisotopic (exact) mass is 247 g/mol. The highest BCUT2D eigenvalue weighted by Crippen LogP contribution is 2.30. The Labute approximate surface area is 111 Å². The molecule has 0 bridgehead atoms. The van der Waals surface area contributed by atoms with Crippen LogP contribution in [0.25, 0.3) is 0 Å². The molecule has 3 heteroatoms. The van der Waals surface area contributed by atoms with Gasteiger partial charge >= 0.3 is 0 Å². The summed E-state index contributed by atoms with van der Waals surface area (Å²) in [5.41, 5.74) is 1.54. The molecule has 3 nitrogen and oxygen atoms in total. The van der Waals surface area contributed by atoms with E-state index < -0.39 is 0 Å². The molecule has 2 rings (SSSR count). The second-order valence-corrected chi connectivity index (χ2v) is 6.70. The van der Waals surface area contributed by atoms with Crippen molar-refractivity contribution < 1.29 is 0 Å². The molecule has 0 radical (unpaired) electrons. The zero-order valence-corrected chi connectivity index (χ0v) is 11.9. The third-order valence-electron chi connectivity index (χ3n) is 3.51. The van der Waals surface area contributed by atoms with E-state index in [1.165, 1.54) is 32.4 Å². The summed E-state index contributed by atoms with van der Waals surface area (Å²) < 4.78 is 0. The van der Waals surface area contributed by atoms with Gasteiger partial charge < -0.3 is 0 Å². The molecule has 0 amide bonds. The standard InChI is InChI=1S/C15H25N3/c1-15(2,3)9-13-5-4-8-18(11-13)12-14-10-16-6-7-17-14/h6-7,10,13H,4-5,8-9,11-12H2,1-3H3. The van der Waals surface area contributed by atoms with Crippen LogP contribution in [0.5, 0.6) is 0 Å². The van der Waals surface area contributed by atoms with Gasteiger partial charge in [0.15, 0.2) is 0 Å². The van der Waals surface area contributed by atoms with Gasteiger partial charge in [-0.15, -0.1) is 0 Å². The molecular weight excluding hydrogens is 222 g/mol. The first kappa shape index (κ1) is 13.5. The topological polar surface area (TPSA) is 29.0 Å². The summed E-state index contributed by atoms with van der Waals surface area (Å²) in [5, 5.41) is 0. The number of hydrogen-bond donors (Lipinski definition) is 0. The Balaban J connectivity index is 1.87. The van der Waals surface area contributed by atoms with Crippen LogP contribution in [-0.2, 0) is 6.54 Å². The summed E-state index contributed by atoms with van der Waals surface area (Å²) in [6, 6.07) is 0. The second-order valence-electron chi connectivity index (χ2n) is 6.70. The average molecular weight is 247 g/mol. The Morgan fingerprint density at radius 1 is 1.33 bits per heavy atom. The first-order chi connectivity index (χ1) is 8.53. The van der Waals surface area contributed by atoms with E-state index in [1.807, 2.05) is 6.20 Å². The predicted molar refractivity (Wildman–Crippen MR) is 74.1 cm³/mol. The van der Waals surface area contributed by atoms with Crippen molar-refractivity contribution in [2.75, 3.05) is 13.1 Å². The van der Waals surface area contributed by atoms with Crippen molar-refractivity contribution in [1.29, 1.82) is 0 Å². The van der Waals surface area contributed by atoms with Crippen LogP contribution in [-0.4, -0.2) is 28.0 Å². The second kappa shape index (κ2) is 5.79. The van der Waals surface area contributed by atoms with E-state index in [9.17, 15) is 0 Å². The number of hydrogen-bond acceptors (Lipinski definition) is 3. The lowest BCUT2D eigenvalue weighted by molar-refractivity contribution is 0.134. The Bertz CT molecular complexity index is 356. The van der Waals surface area contributed by atoms with Crippen LogP contribution in [0, 0.1) is 11.3 Å². The van der Waals surface area contributed by atoms with Gasteiger partial charge in [-0.05, 0) is 37.1 Å². The summed E-state index contributed by atoms with van der Waals surface area (Å²) in [7, 11) is 0. The predicted octanol–water partition coefficient (Wildman–Crippen LogP) is 3.12. The van der Waals surface area contributed by atoms with Gasteiger partial charge in [0.25, 0.3) is 0 Å². The maximum Gasteiger partial charge on any atom is 0.0726 e. The normalized spacial score (nSPS) is 22.1. The molecule has 1 aromatic rings. The SMILES string of the molecule is CC(C)(C)CC1CCCN(Cc2cnccn2)C1. The van der Waals surface area contributed by atoms with E-state index >= 15 is 0 Å². The molecule has 1 aromatic heterocycles. The van der Waals surface area contributed by atoms with E-state index in [-0.39, 0.29) is 0 Å². The molecule has 0 saturated carbocycles. The van der Waals surface area contributed by atoms with Crippen molar-refractivity contribution in [3.8, 4) is 0 Å². The number of aromatic nitrogens is 2. The smallest absolute Gasteiger partial charge is 0.0726 e. The molecule has 1 saturated heterocycles. The van der Waals surface area contributed by atoms with Gasteiger partial charge in [-0.2, -0.15) is 0 Å². The molecule has 1 unspecified atom stereocenters. The van der Waals surface area contributed by atoms with Crippen LogP contribution >= 0.6 is 0 Å². The largest absolute Gasteiger partial charge is 0.297 e. The van der Waals surface area contributed by atoms with Gasteiger partial charge in [0, 0.05) is 31.7 Å². The zero-order valence-electron chi connectivity index (χ0n) is 11.9. The highest BCUT2D eigenvalue weighted by atomic mass is 15.1. The highest BCUT2D eigenvalue weighted by molar-refractivity contribution is 4.95. The lowest BCUT2D eigenvalue weighted by atomic mass is 9.81. The van der Waals surface area contributed by atoms with Crippen molar-refractivity contribution in [2.45, 2.75) is 46.6 Å². The van der Waals surface area contributed by atoms with E-state index in [1.54, 1.807) is 12.4 Å². The molecule has 1 fully saturated rings. The molecule has 1 atom stereocenters. The van der Waals surface area contributed by atoms with Crippen molar-refractivity contribution in [2.24, 2.45) is 11.3 Å². The fraction of sp³-hybridized carbons (Fsp3) is 0.733. The van der Waals surface area contributed by atoms with Gasteiger partial charge in [0.05, 0.1) is 5.69 Å². The van der Waals surface area contributed by atoms with Gasteiger partial charge in [-0.1, -0.05) is 20.8 Å². The summed E-state index contributed by atoms with van der Waals surface area (Å²) in [5.74, 6) is 0.843. The minimum Gasteiger partial charge on any atom is -0.297 e. The minimum atomic E-state index is 0.445. The van der Waals surface area contributed by atoms with Gasteiger partial charge in [-0.25, -0.2) is 0 Å². The van der Waals surface area contributed by atoms with Crippen molar-refractivity contribution in [3.05, 3.63) is 24.3 Å². The Morgan fingerprint density at radius 2 is 2.17 bits per heavy atom. The Morgan fingerprint density at radius 3 is 2.83 bits per heavy atom. The van der Waals surface area contributed by atoms with E-state index in [0.29, 0.717) is 5.41 Å². The summed E-state index contributed by atoms with van der Waals surface area (Å²) in [4.78, 5) is 11.0. The van der Waals surface area contributed by atoms with E-state index in [2.05, 4.69) is 35.6 Å². The molecule has 0 aromatic carbocycles. The van der Waals surface area contributed by atoms with E-state index in [0.717, 1.165) is 18.2 Å². The molecule has 0 spiro atoms. The van der Waals surface area contributed by atoms with Crippen LogP contribution in [0.3, 0.4) is 0 Å². The number of piperidine rings is 1. The van der Waals surface area contributed by atoms with Gasteiger partial charge in [0.1, 0.15) is 0 Å². The fourth-order valence-corrected chi connectivity index (χ4v) is 2.97. The lowest BCUT2D eigenvalue weighted by Gasteiger charge is -2.35. The van der Waals surface area contributed by atoms with Crippen LogP contribution in [0.15, 0.2) is 18.6 Å². The van der Waals surface area contributed by atoms with Crippen molar-refractivity contribution in [1.82, 2.24) is 14.9 Å². The van der Waals surface area contributed by atoms with Crippen LogP contribution in [0.2, 0.25) is 0 Å². The van der Waals surface area contributed by atoms with Gasteiger partial charge in [0.2, 0.25) is 0 Å². The van der Waals surface area contributed by atoms with Crippen LogP contribution < -0.4 is 0 Å². The fourth-order valence-electron chi connectivity index (χ4n) is 2.97. The lowest BCUT2D eigenvalue weighted by Crippen LogP contribution is -2.36. The van der Waals surface area contributed by atoms with Crippen molar-refractivity contribution >= 4 is 0 Å². The van der Waals surface area contributed by atoms with Crippen molar-refractivity contribution in [3.63, 3.8) is 0 Å². The third-order valence-corrected chi connectivity index (χ3v) is 3.51. The molecule has 2 heterocycles. The first-order valence-electron chi connectivity index (χ1n) is 7.00. The molecular formula is C15H25N3. The minimum absolute atomic E-state index is 0.445. The molecule has 0 N–H and O–H groups in total. The molecule has 0 aliphatic carbocycles. The maximum absolute atomic E-state index is 4.37. The first-order valence-corrected chi connectivity index (χ1v) is 7.00. The molecule has 1 aliphatic heterocycles. The Hall–Kier alpha value is -0.960. The summed E-state index contributed by atoms with van der Waals surface area (Å²) in [6.45, 7) is 10.4. The Kier molecular flexibility index (Phi) is 4.33. The highest BCUT2D eigenvalue weighted by Gasteiger charge is 2.24. The molecule has 1 aliphatic rings. The third kappa shape index (κ3) is 4.37. The van der Waals surface area contributed by atoms with E-state index in [4.69, 9.17) is 0 Å². The molecule has 18 heavy (non-hydrogen) atoms. The van der Waals surface area contributed by atoms with Gasteiger partial charge in [-0.3, -0.25) is 14.9 Å². The molecule has 100 valence electrons. The number of likely N-dealkylation sites (tertiary alicyclic amines) is 1. The summed E-state index contributed by atoms with van der Waals surface area (Å²) >= 11 is 0. The maximum atomic E-state index is 4.37. The summed E-state index contributed by atoms with van der Waals surface area (Å²) in [6.07, 6.45) is 9.43. The van der Waals surface area contributed by atoms with Crippen LogP contribution in [0.4, 0.5) is 0 Å². The average Bonchev–Trinajstić information content (AvgIpc) is 2.28. The quantitative estimate of drug-likeness (QED) is 0.821. The zero-order chi connectivity index (χ0) is 13.0.